The van der Waals surface area contributed by atoms with Gasteiger partial charge in [-0.25, -0.2) is 14.2 Å². The molecule has 2 aromatic heterocycles. The predicted octanol–water partition coefficient (Wildman–Crippen LogP) is 2.50. The Bertz CT molecular complexity index is 1160. The maximum absolute atomic E-state index is 13.2. The summed E-state index contributed by atoms with van der Waals surface area (Å²) in [6.07, 6.45) is 1.68. The lowest BCUT2D eigenvalue weighted by Gasteiger charge is -2.19. The second kappa shape index (κ2) is 6.56. The van der Waals surface area contributed by atoms with Crippen LogP contribution in [0, 0.1) is 12.7 Å². The molecule has 3 heterocycles. The topological polar surface area (TPSA) is 75.0 Å². The first kappa shape index (κ1) is 17.8. The standard InChI is InChI=1S/C20H17FN4O3/c1-12-3-8-17-22-15(9-18(26)23(17)10-12)11-24-19(27)13(2)25(20(24)28)16-6-4-14(21)5-7-16/h3-10,13H,11H2,1-2H3/t13-/m1/s1. The molecule has 7 nitrogen and oxygen atoms in total. The summed E-state index contributed by atoms with van der Waals surface area (Å²) in [5, 5.41) is 0. The van der Waals surface area contributed by atoms with E-state index in [1.807, 2.05) is 13.0 Å². The fraction of sp³-hybridized carbons (Fsp3) is 0.200. The minimum Gasteiger partial charge on any atom is -0.282 e. The van der Waals surface area contributed by atoms with Crippen LogP contribution in [0.1, 0.15) is 18.2 Å². The minimum atomic E-state index is -0.734. The van der Waals surface area contributed by atoms with Gasteiger partial charge in [0.05, 0.1) is 12.2 Å². The number of amides is 3. The van der Waals surface area contributed by atoms with Gasteiger partial charge < -0.3 is 0 Å². The van der Waals surface area contributed by atoms with Gasteiger partial charge in [-0.2, -0.15) is 0 Å². The number of urea groups is 1. The zero-order chi connectivity index (χ0) is 20.0. The summed E-state index contributed by atoms with van der Waals surface area (Å²) in [6, 6.07) is 8.95. The maximum Gasteiger partial charge on any atom is 0.332 e. The first-order valence-corrected chi connectivity index (χ1v) is 8.74. The first-order valence-electron chi connectivity index (χ1n) is 8.74. The van der Waals surface area contributed by atoms with Gasteiger partial charge in [0, 0.05) is 18.0 Å². The Kier molecular flexibility index (Phi) is 4.18. The van der Waals surface area contributed by atoms with Crippen LogP contribution < -0.4 is 10.5 Å². The molecule has 0 aliphatic carbocycles. The van der Waals surface area contributed by atoms with Gasteiger partial charge in [-0.05, 0) is 49.7 Å². The molecule has 8 heteroatoms. The molecule has 1 atom stereocenters. The molecule has 0 spiro atoms. The van der Waals surface area contributed by atoms with Crippen molar-refractivity contribution in [2.75, 3.05) is 4.90 Å². The quantitative estimate of drug-likeness (QED) is 0.655. The van der Waals surface area contributed by atoms with Crippen molar-refractivity contribution in [2.24, 2.45) is 0 Å². The van der Waals surface area contributed by atoms with Crippen molar-refractivity contribution in [3.8, 4) is 0 Å². The van der Waals surface area contributed by atoms with E-state index in [1.54, 1.807) is 19.2 Å². The van der Waals surface area contributed by atoms with Gasteiger partial charge in [-0.15, -0.1) is 0 Å². The lowest BCUT2D eigenvalue weighted by molar-refractivity contribution is -0.127. The predicted molar refractivity (Wildman–Crippen MR) is 100 cm³/mol. The smallest absolute Gasteiger partial charge is 0.282 e. The molecule has 1 saturated heterocycles. The van der Waals surface area contributed by atoms with E-state index >= 15 is 0 Å². The van der Waals surface area contributed by atoms with Crippen LogP contribution >= 0.6 is 0 Å². The van der Waals surface area contributed by atoms with Crippen LogP contribution in [0.4, 0.5) is 14.9 Å². The van der Waals surface area contributed by atoms with Crippen molar-refractivity contribution in [1.82, 2.24) is 14.3 Å². The highest BCUT2D eigenvalue weighted by atomic mass is 19.1. The molecule has 0 saturated carbocycles. The van der Waals surface area contributed by atoms with Gasteiger partial charge in [0.25, 0.3) is 11.5 Å². The Labute approximate surface area is 159 Å². The summed E-state index contributed by atoms with van der Waals surface area (Å²) < 4.78 is 14.6. The van der Waals surface area contributed by atoms with E-state index in [1.165, 1.54) is 39.6 Å². The van der Waals surface area contributed by atoms with Crippen LogP contribution in [0.3, 0.4) is 0 Å². The third-order valence-corrected chi connectivity index (χ3v) is 4.73. The van der Waals surface area contributed by atoms with Crippen LogP contribution in [0.25, 0.3) is 5.65 Å². The Morgan fingerprint density at radius 2 is 1.79 bits per heavy atom. The second-order valence-corrected chi connectivity index (χ2v) is 6.75. The summed E-state index contributed by atoms with van der Waals surface area (Å²) in [4.78, 5) is 44.6. The molecule has 1 aliphatic heterocycles. The highest BCUT2D eigenvalue weighted by molar-refractivity contribution is 6.13. The minimum absolute atomic E-state index is 0.112. The molecule has 0 unspecified atom stereocenters. The van der Waals surface area contributed by atoms with Crippen molar-refractivity contribution in [3.05, 3.63) is 76.1 Å². The first-order chi connectivity index (χ1) is 13.3. The highest BCUT2D eigenvalue weighted by Gasteiger charge is 2.43. The monoisotopic (exact) mass is 380 g/mol. The SMILES string of the molecule is Cc1ccc2nc(CN3C(=O)[C@@H](C)N(c4ccc(F)cc4)C3=O)cc(=O)n2c1. The van der Waals surface area contributed by atoms with E-state index in [2.05, 4.69) is 4.98 Å². The summed E-state index contributed by atoms with van der Waals surface area (Å²) in [5.41, 5.74) is 1.82. The van der Waals surface area contributed by atoms with E-state index in [9.17, 15) is 18.8 Å². The van der Waals surface area contributed by atoms with Crippen LogP contribution in [-0.2, 0) is 11.3 Å². The lowest BCUT2D eigenvalue weighted by atomic mass is 10.2. The van der Waals surface area contributed by atoms with Gasteiger partial charge in [-0.1, -0.05) is 6.07 Å². The third kappa shape index (κ3) is 2.92. The van der Waals surface area contributed by atoms with E-state index in [0.29, 0.717) is 17.0 Å². The fourth-order valence-corrected chi connectivity index (χ4v) is 3.31. The molecule has 0 N–H and O–H groups in total. The van der Waals surface area contributed by atoms with Crippen molar-refractivity contribution >= 4 is 23.3 Å². The van der Waals surface area contributed by atoms with Crippen LogP contribution in [0.5, 0.6) is 0 Å². The number of halogens is 1. The number of pyridine rings is 1. The maximum atomic E-state index is 13.2. The summed E-state index contributed by atoms with van der Waals surface area (Å²) in [5.74, 6) is -0.831. The van der Waals surface area contributed by atoms with Gasteiger partial charge in [0.15, 0.2) is 0 Å². The third-order valence-electron chi connectivity index (χ3n) is 4.73. The molecule has 3 aromatic rings. The molecule has 0 radical (unpaired) electrons. The Hall–Kier alpha value is -3.55. The molecule has 1 aromatic carbocycles. The highest BCUT2D eigenvalue weighted by Crippen LogP contribution is 2.26. The summed E-state index contributed by atoms with van der Waals surface area (Å²) in [6.45, 7) is 3.36. The number of hydrogen-bond donors (Lipinski definition) is 0. The molecule has 28 heavy (non-hydrogen) atoms. The van der Waals surface area contributed by atoms with Crippen molar-refractivity contribution in [1.29, 1.82) is 0 Å². The second-order valence-electron chi connectivity index (χ2n) is 6.75. The number of hydrogen-bond acceptors (Lipinski definition) is 4. The van der Waals surface area contributed by atoms with Crippen LogP contribution in [0.15, 0.2) is 53.5 Å². The Morgan fingerprint density at radius 3 is 2.50 bits per heavy atom. The number of imide groups is 1. The average molecular weight is 380 g/mol. The number of aromatic nitrogens is 2. The van der Waals surface area contributed by atoms with Crippen LogP contribution in [0.2, 0.25) is 0 Å². The van der Waals surface area contributed by atoms with Crippen molar-refractivity contribution in [2.45, 2.75) is 26.4 Å². The number of carbonyl (C=O) groups excluding carboxylic acids is 2. The van der Waals surface area contributed by atoms with Gasteiger partial charge in [0.2, 0.25) is 0 Å². The number of aryl methyl sites for hydroxylation is 1. The number of rotatable bonds is 3. The van der Waals surface area contributed by atoms with Gasteiger partial charge in [-0.3, -0.25) is 23.8 Å². The van der Waals surface area contributed by atoms with E-state index in [0.717, 1.165) is 10.5 Å². The van der Waals surface area contributed by atoms with Crippen LogP contribution in [-0.4, -0.2) is 32.3 Å². The molecule has 4 rings (SSSR count). The Morgan fingerprint density at radius 1 is 1.07 bits per heavy atom. The summed E-state index contributed by atoms with van der Waals surface area (Å²) >= 11 is 0. The molecule has 1 aliphatic rings. The molecular weight excluding hydrogens is 363 g/mol. The number of benzene rings is 1. The normalized spacial score (nSPS) is 17.0. The van der Waals surface area contributed by atoms with E-state index < -0.39 is 23.8 Å². The number of carbonyl (C=O) groups is 2. The summed E-state index contributed by atoms with van der Waals surface area (Å²) in [7, 11) is 0. The van der Waals surface area contributed by atoms with E-state index in [-0.39, 0.29) is 12.1 Å². The van der Waals surface area contributed by atoms with Gasteiger partial charge >= 0.3 is 6.03 Å². The molecule has 1 fully saturated rings. The van der Waals surface area contributed by atoms with Crippen molar-refractivity contribution < 1.29 is 14.0 Å². The average Bonchev–Trinajstić information content (AvgIpc) is 2.87. The molecular formula is C20H17FN4O3. The fourth-order valence-electron chi connectivity index (χ4n) is 3.31. The van der Waals surface area contributed by atoms with Crippen molar-refractivity contribution in [3.63, 3.8) is 0 Å². The van der Waals surface area contributed by atoms with Gasteiger partial charge in [0.1, 0.15) is 17.5 Å². The Balaban J connectivity index is 1.66. The largest absolute Gasteiger partial charge is 0.332 e. The number of anilines is 1. The number of fused-ring (bicyclic) bond motifs is 1. The van der Waals surface area contributed by atoms with E-state index in [4.69, 9.17) is 0 Å². The molecule has 3 amide bonds. The molecule has 0 bridgehead atoms. The lowest BCUT2D eigenvalue weighted by Crippen LogP contribution is -2.34. The molecule has 142 valence electrons. The zero-order valence-electron chi connectivity index (χ0n) is 15.3. The number of nitrogens with zero attached hydrogens (tertiary/aromatic N) is 4. The zero-order valence-corrected chi connectivity index (χ0v) is 15.3.